The Bertz CT molecular complexity index is 290. The summed E-state index contributed by atoms with van der Waals surface area (Å²) in [7, 11) is 0. The van der Waals surface area contributed by atoms with E-state index in [2.05, 4.69) is 4.74 Å². The maximum absolute atomic E-state index is 10.8. The molecule has 1 aliphatic carbocycles. The molecule has 1 fully saturated rings. The van der Waals surface area contributed by atoms with E-state index in [4.69, 9.17) is 0 Å². The summed E-state index contributed by atoms with van der Waals surface area (Å²) in [6.07, 6.45) is 0.931. The highest BCUT2D eigenvalue weighted by molar-refractivity contribution is 5.81. The lowest BCUT2D eigenvalue weighted by Crippen LogP contribution is -2.16. The normalized spacial score (nSPS) is 22.6. The van der Waals surface area contributed by atoms with E-state index >= 15 is 0 Å². The molecule has 1 aliphatic rings. The van der Waals surface area contributed by atoms with E-state index in [1.54, 1.807) is 6.92 Å². The largest absolute Gasteiger partial charge is 0.466 e. The summed E-state index contributed by atoms with van der Waals surface area (Å²) >= 11 is 0. The van der Waals surface area contributed by atoms with Crippen molar-refractivity contribution >= 4 is 11.8 Å². The van der Waals surface area contributed by atoms with Gasteiger partial charge in [-0.1, -0.05) is 6.92 Å². The van der Waals surface area contributed by atoms with Crippen LogP contribution < -0.4 is 0 Å². The molecule has 0 aliphatic heterocycles. The highest BCUT2D eigenvalue weighted by Gasteiger charge is 2.32. The van der Waals surface area contributed by atoms with E-state index in [9.17, 15) is 19.7 Å². The Balaban J connectivity index is 0.000000366. The van der Waals surface area contributed by atoms with Gasteiger partial charge in [0.15, 0.2) is 0 Å². The quantitative estimate of drug-likeness (QED) is 0.426. The third kappa shape index (κ3) is 7.43. The minimum atomic E-state index is -0.334. The SMILES string of the molecule is CC1CC(=O)CC1C[N+](=O)[O-].CCOC(C)=O. The van der Waals surface area contributed by atoms with Crippen LogP contribution >= 0.6 is 0 Å². The van der Waals surface area contributed by atoms with Gasteiger partial charge in [0.25, 0.3) is 0 Å². The molecule has 17 heavy (non-hydrogen) atoms. The lowest BCUT2D eigenvalue weighted by atomic mass is 9.99. The van der Waals surface area contributed by atoms with Crippen LogP contribution in [0, 0.1) is 22.0 Å². The van der Waals surface area contributed by atoms with Crippen LogP contribution in [0.2, 0.25) is 0 Å². The molecule has 0 radical (unpaired) electrons. The summed E-state index contributed by atoms with van der Waals surface area (Å²) in [5.74, 6) is 0.146. The van der Waals surface area contributed by atoms with Gasteiger partial charge in [0.2, 0.25) is 6.54 Å². The zero-order chi connectivity index (χ0) is 13.4. The number of carbonyl (C=O) groups is 2. The molecular weight excluding hydrogens is 226 g/mol. The molecule has 0 aromatic carbocycles. The number of Topliss-reactive ketones (excluding diaryl/α,β-unsaturated/α-hetero) is 1. The van der Waals surface area contributed by atoms with Crippen LogP contribution in [-0.2, 0) is 14.3 Å². The van der Waals surface area contributed by atoms with Gasteiger partial charge in [-0.2, -0.15) is 0 Å². The maximum atomic E-state index is 10.8. The zero-order valence-corrected chi connectivity index (χ0v) is 10.5. The predicted octanol–water partition coefficient (Wildman–Crippen LogP) is 1.45. The number of ether oxygens (including phenoxy) is 1. The first kappa shape index (κ1) is 15.5. The number of ketones is 1. The van der Waals surface area contributed by atoms with Crippen molar-refractivity contribution in [3.05, 3.63) is 10.1 Å². The Morgan fingerprint density at radius 3 is 2.35 bits per heavy atom. The first-order valence-corrected chi connectivity index (χ1v) is 5.63. The predicted molar refractivity (Wildman–Crippen MR) is 61.1 cm³/mol. The van der Waals surface area contributed by atoms with Gasteiger partial charge in [-0.3, -0.25) is 19.7 Å². The first-order valence-electron chi connectivity index (χ1n) is 5.63. The van der Waals surface area contributed by atoms with Crippen molar-refractivity contribution in [2.24, 2.45) is 11.8 Å². The van der Waals surface area contributed by atoms with E-state index in [-0.39, 0.29) is 35.1 Å². The molecule has 0 spiro atoms. The minimum absolute atomic E-state index is 0.0162. The Hall–Kier alpha value is -1.46. The molecule has 1 saturated carbocycles. The van der Waals surface area contributed by atoms with Gasteiger partial charge in [0.1, 0.15) is 5.78 Å². The summed E-state index contributed by atoms with van der Waals surface area (Å²) in [6.45, 7) is 5.51. The lowest BCUT2D eigenvalue weighted by Gasteiger charge is -2.07. The molecule has 6 nitrogen and oxygen atoms in total. The van der Waals surface area contributed by atoms with Gasteiger partial charge in [-0.25, -0.2) is 0 Å². The van der Waals surface area contributed by atoms with Crippen molar-refractivity contribution in [2.75, 3.05) is 13.2 Å². The van der Waals surface area contributed by atoms with Crippen LogP contribution in [0.15, 0.2) is 0 Å². The van der Waals surface area contributed by atoms with Crippen LogP contribution in [0.5, 0.6) is 0 Å². The summed E-state index contributed by atoms with van der Waals surface area (Å²) in [5, 5.41) is 10.1. The molecule has 2 atom stereocenters. The third-order valence-electron chi connectivity index (χ3n) is 2.58. The fraction of sp³-hybridized carbons (Fsp3) is 0.818. The smallest absolute Gasteiger partial charge is 0.302 e. The molecule has 0 aromatic rings. The van der Waals surface area contributed by atoms with Gasteiger partial charge in [-0.15, -0.1) is 0 Å². The summed E-state index contributed by atoms with van der Waals surface area (Å²) in [5.41, 5.74) is 0. The second-order valence-corrected chi connectivity index (χ2v) is 4.12. The lowest BCUT2D eigenvalue weighted by molar-refractivity contribution is -0.489. The van der Waals surface area contributed by atoms with Crippen LogP contribution in [0.25, 0.3) is 0 Å². The van der Waals surface area contributed by atoms with Crippen LogP contribution in [0.4, 0.5) is 0 Å². The van der Waals surface area contributed by atoms with Crippen molar-refractivity contribution < 1.29 is 19.2 Å². The van der Waals surface area contributed by atoms with Crippen LogP contribution in [0.1, 0.15) is 33.6 Å². The Kier molecular flexibility index (Phi) is 7.09. The number of rotatable bonds is 3. The van der Waals surface area contributed by atoms with Crippen molar-refractivity contribution in [1.82, 2.24) is 0 Å². The summed E-state index contributed by atoms with van der Waals surface area (Å²) < 4.78 is 4.40. The van der Waals surface area contributed by atoms with Crippen LogP contribution in [0.3, 0.4) is 0 Å². The van der Waals surface area contributed by atoms with E-state index in [0.717, 1.165) is 0 Å². The molecule has 0 amide bonds. The van der Waals surface area contributed by atoms with Crippen molar-refractivity contribution in [3.63, 3.8) is 0 Å². The van der Waals surface area contributed by atoms with E-state index in [1.165, 1.54) is 6.92 Å². The van der Waals surface area contributed by atoms with Crippen molar-refractivity contribution in [2.45, 2.75) is 33.6 Å². The van der Waals surface area contributed by atoms with E-state index in [0.29, 0.717) is 19.4 Å². The number of hydrogen-bond acceptors (Lipinski definition) is 5. The number of esters is 1. The molecule has 1 rings (SSSR count). The first-order chi connectivity index (χ1) is 7.86. The average molecular weight is 245 g/mol. The van der Waals surface area contributed by atoms with Crippen molar-refractivity contribution in [1.29, 1.82) is 0 Å². The second-order valence-electron chi connectivity index (χ2n) is 4.12. The molecule has 0 bridgehead atoms. The Morgan fingerprint density at radius 2 is 2.12 bits per heavy atom. The fourth-order valence-corrected chi connectivity index (χ4v) is 1.74. The molecule has 98 valence electrons. The number of hydrogen-bond donors (Lipinski definition) is 0. The average Bonchev–Trinajstić information content (AvgIpc) is 2.44. The second kappa shape index (κ2) is 7.76. The monoisotopic (exact) mass is 245 g/mol. The number of carbonyl (C=O) groups excluding carboxylic acids is 2. The van der Waals surface area contributed by atoms with Crippen molar-refractivity contribution in [3.8, 4) is 0 Å². The summed E-state index contributed by atoms with van der Waals surface area (Å²) in [6, 6.07) is 0. The summed E-state index contributed by atoms with van der Waals surface area (Å²) in [4.78, 5) is 30.4. The topological polar surface area (TPSA) is 86.5 Å². The van der Waals surface area contributed by atoms with Gasteiger partial charge in [0, 0.05) is 30.6 Å². The van der Waals surface area contributed by atoms with E-state index in [1.807, 2.05) is 6.92 Å². The fourth-order valence-electron chi connectivity index (χ4n) is 1.74. The molecular formula is C11H19NO5. The van der Waals surface area contributed by atoms with Gasteiger partial charge < -0.3 is 4.74 Å². The van der Waals surface area contributed by atoms with E-state index < -0.39 is 0 Å². The number of nitro groups is 1. The van der Waals surface area contributed by atoms with Gasteiger partial charge >= 0.3 is 5.97 Å². The minimum Gasteiger partial charge on any atom is -0.466 e. The maximum Gasteiger partial charge on any atom is 0.302 e. The molecule has 0 heterocycles. The molecule has 0 aromatic heterocycles. The zero-order valence-electron chi connectivity index (χ0n) is 10.5. The third-order valence-corrected chi connectivity index (χ3v) is 2.58. The highest BCUT2D eigenvalue weighted by Crippen LogP contribution is 2.28. The highest BCUT2D eigenvalue weighted by atomic mass is 16.6. The van der Waals surface area contributed by atoms with Gasteiger partial charge in [-0.05, 0) is 12.8 Å². The molecule has 2 unspecified atom stereocenters. The molecule has 6 heteroatoms. The number of nitrogens with zero attached hydrogens (tertiary/aromatic N) is 1. The standard InChI is InChI=1S/C7H11NO3.C4H8O2/c1-5-2-7(9)3-6(5)4-8(10)11;1-3-6-4(2)5/h5-6H,2-4H2,1H3;3H2,1-2H3. The van der Waals surface area contributed by atoms with Crippen LogP contribution in [-0.4, -0.2) is 29.8 Å². The Morgan fingerprint density at radius 1 is 1.53 bits per heavy atom. The molecule has 0 saturated heterocycles. The molecule has 0 N–H and O–H groups in total. The van der Waals surface area contributed by atoms with Gasteiger partial charge in [0.05, 0.1) is 6.61 Å². The Labute approximate surface area is 100 Å².